The molecule has 18 heavy (non-hydrogen) atoms. The molecule has 0 aromatic carbocycles. The van der Waals surface area contributed by atoms with Gasteiger partial charge in [0.05, 0.1) is 5.60 Å². The summed E-state index contributed by atoms with van der Waals surface area (Å²) < 4.78 is 5.58. The Balaban J connectivity index is 2.00. The predicted octanol–water partition coefficient (Wildman–Crippen LogP) is 2.20. The largest absolute Gasteiger partial charge is 0.376 e. The van der Waals surface area contributed by atoms with Crippen LogP contribution in [0.5, 0.6) is 0 Å². The van der Waals surface area contributed by atoms with Crippen LogP contribution in [0, 0.1) is 6.92 Å². The van der Waals surface area contributed by atoms with E-state index in [0.717, 1.165) is 37.4 Å². The van der Waals surface area contributed by atoms with Crippen molar-refractivity contribution in [2.45, 2.75) is 38.7 Å². The number of methoxy groups -OCH3 is 1. The van der Waals surface area contributed by atoms with E-state index in [1.807, 2.05) is 19.9 Å². The molecular weight excluding hydrogens is 228 g/mol. The summed E-state index contributed by atoms with van der Waals surface area (Å²) in [4.78, 5) is 8.76. The number of ether oxygens (including phenoxy) is 1. The van der Waals surface area contributed by atoms with E-state index < -0.39 is 0 Å². The average Bonchev–Trinajstić information content (AvgIpc) is 2.28. The summed E-state index contributed by atoms with van der Waals surface area (Å²) in [6.07, 6.45) is 3.50. The van der Waals surface area contributed by atoms with Crippen molar-refractivity contribution < 1.29 is 4.74 Å². The number of hydrogen-bond acceptors (Lipinski definition) is 5. The van der Waals surface area contributed by atoms with Gasteiger partial charge in [-0.05, 0) is 33.1 Å². The Kier molecular flexibility index (Phi) is 4.01. The quantitative estimate of drug-likeness (QED) is 0.810. The van der Waals surface area contributed by atoms with Crippen molar-refractivity contribution in [3.05, 3.63) is 11.8 Å². The van der Waals surface area contributed by atoms with E-state index in [1.165, 1.54) is 6.42 Å². The van der Waals surface area contributed by atoms with Gasteiger partial charge in [-0.2, -0.15) is 4.98 Å². The zero-order valence-corrected chi connectivity index (χ0v) is 11.4. The fourth-order valence-corrected chi connectivity index (χ4v) is 2.17. The maximum atomic E-state index is 5.58. The molecule has 0 atom stereocenters. The van der Waals surface area contributed by atoms with E-state index in [0.29, 0.717) is 5.95 Å². The smallest absolute Gasteiger partial charge is 0.224 e. The van der Waals surface area contributed by atoms with Crippen LogP contribution in [0.15, 0.2) is 6.07 Å². The maximum absolute atomic E-state index is 5.58. The van der Waals surface area contributed by atoms with Crippen molar-refractivity contribution >= 4 is 11.8 Å². The van der Waals surface area contributed by atoms with Gasteiger partial charge in [0.2, 0.25) is 5.95 Å². The van der Waals surface area contributed by atoms with E-state index in [1.54, 1.807) is 7.11 Å². The van der Waals surface area contributed by atoms with Crippen molar-refractivity contribution in [2.24, 2.45) is 0 Å². The minimum atomic E-state index is 0.0111. The van der Waals surface area contributed by atoms with Gasteiger partial charge in [0.15, 0.2) is 0 Å². The molecule has 100 valence electrons. The van der Waals surface area contributed by atoms with E-state index in [-0.39, 0.29) is 5.60 Å². The lowest BCUT2D eigenvalue weighted by molar-refractivity contribution is -0.0601. The standard InChI is InChI=1S/C13H22N4O/c1-4-14-12-16-10(2)8-11(17-12)15-9-13(18-3)6-5-7-13/h8H,4-7,9H2,1-3H3,(H2,14,15,16,17). The Labute approximate surface area is 108 Å². The summed E-state index contributed by atoms with van der Waals surface area (Å²) in [7, 11) is 1.79. The molecule has 2 rings (SSSR count). The highest BCUT2D eigenvalue weighted by Gasteiger charge is 2.36. The Morgan fingerprint density at radius 2 is 2.11 bits per heavy atom. The van der Waals surface area contributed by atoms with Crippen LogP contribution in [0.25, 0.3) is 0 Å². The van der Waals surface area contributed by atoms with E-state index in [4.69, 9.17) is 4.74 Å². The summed E-state index contributed by atoms with van der Waals surface area (Å²) >= 11 is 0. The second-order valence-corrected chi connectivity index (χ2v) is 4.84. The lowest BCUT2D eigenvalue weighted by Gasteiger charge is -2.40. The van der Waals surface area contributed by atoms with Gasteiger partial charge in [0, 0.05) is 32.0 Å². The summed E-state index contributed by atoms with van der Waals surface area (Å²) in [6.45, 7) is 5.65. The monoisotopic (exact) mass is 250 g/mol. The Bertz CT molecular complexity index is 398. The van der Waals surface area contributed by atoms with Crippen LogP contribution < -0.4 is 10.6 Å². The van der Waals surface area contributed by atoms with Crippen LogP contribution in [0.4, 0.5) is 11.8 Å². The van der Waals surface area contributed by atoms with Crippen LogP contribution >= 0.6 is 0 Å². The molecule has 0 unspecified atom stereocenters. The van der Waals surface area contributed by atoms with Gasteiger partial charge in [-0.1, -0.05) is 0 Å². The zero-order chi connectivity index (χ0) is 13.0. The van der Waals surface area contributed by atoms with Gasteiger partial charge >= 0.3 is 0 Å². The third kappa shape index (κ3) is 2.90. The number of nitrogens with one attached hydrogen (secondary N) is 2. The first-order valence-corrected chi connectivity index (χ1v) is 6.56. The van der Waals surface area contributed by atoms with Gasteiger partial charge in [-0.15, -0.1) is 0 Å². The number of hydrogen-bond donors (Lipinski definition) is 2. The number of nitrogens with zero attached hydrogens (tertiary/aromatic N) is 2. The van der Waals surface area contributed by atoms with Gasteiger partial charge in [0.1, 0.15) is 5.82 Å². The molecule has 0 saturated heterocycles. The van der Waals surface area contributed by atoms with Crippen molar-refractivity contribution in [1.29, 1.82) is 0 Å². The minimum Gasteiger partial charge on any atom is -0.376 e. The van der Waals surface area contributed by atoms with Crippen molar-refractivity contribution in [2.75, 3.05) is 30.8 Å². The molecular formula is C13H22N4O. The first-order chi connectivity index (χ1) is 8.67. The number of anilines is 2. The molecule has 5 heteroatoms. The molecule has 1 saturated carbocycles. The van der Waals surface area contributed by atoms with E-state index in [2.05, 4.69) is 20.6 Å². The van der Waals surface area contributed by atoms with E-state index in [9.17, 15) is 0 Å². The second kappa shape index (κ2) is 5.52. The number of rotatable bonds is 6. The molecule has 5 nitrogen and oxygen atoms in total. The molecule has 0 bridgehead atoms. The lowest BCUT2D eigenvalue weighted by atomic mass is 9.80. The molecule has 1 heterocycles. The number of aryl methyl sites for hydroxylation is 1. The summed E-state index contributed by atoms with van der Waals surface area (Å²) in [5, 5.41) is 6.50. The van der Waals surface area contributed by atoms with Gasteiger partial charge in [-0.3, -0.25) is 0 Å². The second-order valence-electron chi connectivity index (χ2n) is 4.84. The van der Waals surface area contributed by atoms with Gasteiger partial charge in [0.25, 0.3) is 0 Å². The predicted molar refractivity (Wildman–Crippen MR) is 73.0 cm³/mol. The van der Waals surface area contributed by atoms with Crippen molar-refractivity contribution in [1.82, 2.24) is 9.97 Å². The maximum Gasteiger partial charge on any atom is 0.224 e. The Morgan fingerprint density at radius 1 is 1.33 bits per heavy atom. The van der Waals surface area contributed by atoms with Crippen LogP contribution in [0.2, 0.25) is 0 Å². The van der Waals surface area contributed by atoms with Crippen molar-refractivity contribution in [3.8, 4) is 0 Å². The molecule has 1 aliphatic rings. The van der Waals surface area contributed by atoms with E-state index >= 15 is 0 Å². The normalized spacial score (nSPS) is 17.1. The highest BCUT2D eigenvalue weighted by Crippen LogP contribution is 2.34. The number of aromatic nitrogens is 2. The molecule has 1 fully saturated rings. The molecule has 1 aliphatic carbocycles. The third-order valence-electron chi connectivity index (χ3n) is 3.48. The average molecular weight is 250 g/mol. The zero-order valence-electron chi connectivity index (χ0n) is 11.4. The van der Waals surface area contributed by atoms with Crippen LogP contribution in [-0.4, -0.2) is 35.8 Å². The summed E-state index contributed by atoms with van der Waals surface area (Å²) in [6, 6.07) is 1.96. The summed E-state index contributed by atoms with van der Waals surface area (Å²) in [5.74, 6) is 1.54. The minimum absolute atomic E-state index is 0.0111. The van der Waals surface area contributed by atoms with Gasteiger partial charge in [-0.25, -0.2) is 4.98 Å². The molecule has 0 spiro atoms. The fraction of sp³-hybridized carbons (Fsp3) is 0.692. The molecule has 0 aliphatic heterocycles. The highest BCUT2D eigenvalue weighted by atomic mass is 16.5. The fourth-order valence-electron chi connectivity index (χ4n) is 2.17. The third-order valence-corrected chi connectivity index (χ3v) is 3.48. The molecule has 2 N–H and O–H groups in total. The molecule has 1 aromatic rings. The SMILES string of the molecule is CCNc1nc(C)cc(NCC2(OC)CCC2)n1. The lowest BCUT2D eigenvalue weighted by Crippen LogP contribution is -2.45. The first kappa shape index (κ1) is 13.1. The van der Waals surface area contributed by atoms with Crippen LogP contribution in [-0.2, 0) is 4.74 Å². The Morgan fingerprint density at radius 3 is 2.67 bits per heavy atom. The molecule has 0 amide bonds. The first-order valence-electron chi connectivity index (χ1n) is 6.56. The molecule has 1 aromatic heterocycles. The van der Waals surface area contributed by atoms with Crippen molar-refractivity contribution in [3.63, 3.8) is 0 Å². The Hall–Kier alpha value is -1.36. The van der Waals surface area contributed by atoms with Crippen LogP contribution in [0.3, 0.4) is 0 Å². The molecule has 0 radical (unpaired) electrons. The topological polar surface area (TPSA) is 59.1 Å². The highest BCUT2D eigenvalue weighted by molar-refractivity contribution is 5.42. The van der Waals surface area contributed by atoms with Crippen LogP contribution in [0.1, 0.15) is 31.9 Å². The van der Waals surface area contributed by atoms with Gasteiger partial charge < -0.3 is 15.4 Å². The summed E-state index contributed by atoms with van der Waals surface area (Å²) in [5.41, 5.74) is 0.973.